The highest BCUT2D eigenvalue weighted by Gasteiger charge is 2.25. The molecule has 2 aromatic heterocycles. The molecule has 2 fully saturated rings. The monoisotopic (exact) mass is 804 g/mol. The van der Waals surface area contributed by atoms with E-state index in [0.717, 1.165) is 93.3 Å². The number of carbonyl (C=O) groups is 2. The number of pyridine rings is 2. The Morgan fingerprint density at radius 2 is 1.07 bits per heavy atom. The molecule has 2 heterocycles. The fraction of sp³-hybridized carbons (Fsp3) is 0.280. The molecular weight excluding hydrogens is 753 g/mol. The number of hydrogen-bond acceptors (Lipinski definition) is 9. The van der Waals surface area contributed by atoms with Crippen LogP contribution in [0.1, 0.15) is 89.4 Å². The Hall–Kier alpha value is -6.68. The Labute approximate surface area is 352 Å². The van der Waals surface area contributed by atoms with Gasteiger partial charge in [-0.1, -0.05) is 47.5 Å². The number of carboxylic acids is 1. The Balaban J connectivity index is 0.000000183. The van der Waals surface area contributed by atoms with Crippen LogP contribution in [0.5, 0.6) is 11.5 Å². The molecule has 0 aliphatic heterocycles. The predicted octanol–water partition coefficient (Wildman–Crippen LogP) is 12.0. The summed E-state index contributed by atoms with van der Waals surface area (Å²) in [5.41, 5.74) is 10.7. The van der Waals surface area contributed by atoms with E-state index >= 15 is 0 Å². The zero-order chi connectivity index (χ0) is 42.6. The molecule has 4 aromatic carbocycles. The minimum atomic E-state index is -0.958. The lowest BCUT2D eigenvalue weighted by molar-refractivity contribution is 0.00703. The van der Waals surface area contributed by atoms with Gasteiger partial charge >= 0.3 is 11.9 Å². The van der Waals surface area contributed by atoms with Gasteiger partial charge in [-0.15, -0.1) is 0 Å². The molecule has 2 aliphatic carbocycles. The van der Waals surface area contributed by atoms with Gasteiger partial charge < -0.3 is 30.0 Å². The van der Waals surface area contributed by atoms with Crippen LogP contribution in [0.4, 0.5) is 22.7 Å². The molecule has 0 saturated heterocycles. The first-order chi connectivity index (χ1) is 28.7. The van der Waals surface area contributed by atoms with E-state index in [2.05, 4.69) is 15.6 Å². The van der Waals surface area contributed by atoms with Gasteiger partial charge in [0.15, 0.2) is 0 Å². The number of carbonyl (C=O) groups excluding carboxylic acids is 1. The fourth-order valence-electron chi connectivity index (χ4n) is 6.60. The number of anilines is 4. The summed E-state index contributed by atoms with van der Waals surface area (Å²) in [5, 5.41) is 16.0. The number of hydrogen-bond donors (Lipinski definition) is 3. The molecule has 0 atom stereocenters. The summed E-state index contributed by atoms with van der Waals surface area (Å²) in [5.74, 6) is 0.446. The van der Waals surface area contributed by atoms with Crippen molar-refractivity contribution in [3.8, 4) is 34.0 Å². The third-order valence-electron chi connectivity index (χ3n) is 9.78. The molecule has 0 radical (unpaired) electrons. The zero-order valence-corrected chi connectivity index (χ0v) is 35.3. The standard InChI is InChI=1S/C27H30N2O3.C23H22N2O3/c1-17-9-12-24(23(13-17)26(30)32-27(3,4)5)29-20-14-18(2)25(28-16-20)19-7-6-8-22(15-19)31-21-10-11-21;1-14-6-9-21(20(10-14)23(26)27)25-17-11-15(2)22(24-13-17)16-4-3-5-19(12-16)28-18-7-8-18/h6-9,12-16,21,29H,10-11H2,1-5H3;3-6,9-13,18,25H,7-8H2,1-2H3,(H,26,27). The van der Waals surface area contributed by atoms with E-state index in [0.29, 0.717) is 29.1 Å². The van der Waals surface area contributed by atoms with Crippen molar-refractivity contribution in [2.75, 3.05) is 10.6 Å². The van der Waals surface area contributed by atoms with Gasteiger partial charge in [0.25, 0.3) is 0 Å². The Morgan fingerprint density at radius 3 is 1.48 bits per heavy atom. The van der Waals surface area contributed by atoms with Crippen molar-refractivity contribution < 1.29 is 28.9 Å². The van der Waals surface area contributed by atoms with Crippen LogP contribution in [0.3, 0.4) is 0 Å². The van der Waals surface area contributed by atoms with Crippen molar-refractivity contribution in [3.05, 3.63) is 143 Å². The second-order valence-electron chi connectivity index (χ2n) is 16.6. The fourth-order valence-corrected chi connectivity index (χ4v) is 6.60. The number of nitrogens with zero attached hydrogens (tertiary/aromatic N) is 2. The van der Waals surface area contributed by atoms with Gasteiger partial charge in [-0.25, -0.2) is 9.59 Å². The summed E-state index contributed by atoms with van der Waals surface area (Å²) >= 11 is 0. The van der Waals surface area contributed by atoms with Crippen molar-refractivity contribution >= 4 is 34.7 Å². The minimum absolute atomic E-state index is 0.242. The highest BCUT2D eigenvalue weighted by atomic mass is 16.6. The Morgan fingerprint density at radius 1 is 0.617 bits per heavy atom. The first-order valence-electron chi connectivity index (χ1n) is 20.4. The van der Waals surface area contributed by atoms with Crippen LogP contribution in [0.2, 0.25) is 0 Å². The molecular formula is C50H52N4O6. The first-order valence-corrected chi connectivity index (χ1v) is 20.4. The third kappa shape index (κ3) is 11.1. The molecule has 2 saturated carbocycles. The SMILES string of the molecule is Cc1ccc(Nc2cnc(-c3cccc(OC4CC4)c3)c(C)c2)c(C(=O)O)c1.Cc1ccc(Nc2cnc(-c3cccc(OC4CC4)c3)c(C)c2)c(C(=O)OC(C)(C)C)c1. The summed E-state index contributed by atoms with van der Waals surface area (Å²) in [7, 11) is 0. The maximum absolute atomic E-state index is 12.8. The van der Waals surface area contributed by atoms with Gasteiger partial charge in [0, 0.05) is 11.1 Å². The second kappa shape index (κ2) is 17.7. The molecule has 10 heteroatoms. The van der Waals surface area contributed by atoms with Crippen LogP contribution in [-0.2, 0) is 4.74 Å². The number of benzene rings is 4. The maximum atomic E-state index is 12.8. The first kappa shape index (κ1) is 41.5. The summed E-state index contributed by atoms with van der Waals surface area (Å²) in [6.45, 7) is 13.5. The van der Waals surface area contributed by atoms with Crippen molar-refractivity contribution in [2.24, 2.45) is 0 Å². The molecule has 0 unspecified atom stereocenters. The van der Waals surface area contributed by atoms with E-state index in [-0.39, 0.29) is 11.5 Å². The van der Waals surface area contributed by atoms with E-state index in [9.17, 15) is 14.7 Å². The normalized spacial score (nSPS) is 13.4. The summed E-state index contributed by atoms with van der Waals surface area (Å²) in [6.07, 6.45) is 8.74. The lowest BCUT2D eigenvalue weighted by Gasteiger charge is -2.21. The molecule has 0 spiro atoms. The molecule has 3 N–H and O–H groups in total. The number of nitrogens with one attached hydrogen (secondary N) is 2. The lowest BCUT2D eigenvalue weighted by atomic mass is 10.1. The number of aromatic nitrogens is 2. The third-order valence-corrected chi connectivity index (χ3v) is 9.78. The number of rotatable bonds is 12. The van der Waals surface area contributed by atoms with Crippen LogP contribution in [0, 0.1) is 27.7 Å². The molecule has 0 amide bonds. The number of aromatic carboxylic acids is 1. The van der Waals surface area contributed by atoms with Crippen molar-refractivity contribution in [1.29, 1.82) is 0 Å². The summed E-state index contributed by atoms with van der Waals surface area (Å²) in [4.78, 5) is 33.6. The van der Waals surface area contributed by atoms with Gasteiger partial charge in [0.1, 0.15) is 17.1 Å². The minimum Gasteiger partial charge on any atom is -0.490 e. The summed E-state index contributed by atoms with van der Waals surface area (Å²) in [6, 6.07) is 31.1. The van der Waals surface area contributed by atoms with Gasteiger partial charge in [-0.2, -0.15) is 0 Å². The molecule has 60 heavy (non-hydrogen) atoms. The lowest BCUT2D eigenvalue weighted by Crippen LogP contribution is -2.24. The average Bonchev–Trinajstić information content (AvgIpc) is 4.15. The zero-order valence-electron chi connectivity index (χ0n) is 35.3. The number of carboxylic acid groups (broad SMARTS) is 1. The van der Waals surface area contributed by atoms with Crippen LogP contribution in [-0.4, -0.2) is 44.8 Å². The highest BCUT2D eigenvalue weighted by Crippen LogP contribution is 2.34. The second-order valence-corrected chi connectivity index (χ2v) is 16.6. The van der Waals surface area contributed by atoms with E-state index in [4.69, 9.17) is 19.2 Å². The van der Waals surface area contributed by atoms with E-state index in [1.807, 2.05) is 133 Å². The number of aryl methyl sites for hydroxylation is 4. The Bertz CT molecular complexity index is 2540. The smallest absolute Gasteiger partial charge is 0.340 e. The maximum Gasteiger partial charge on any atom is 0.340 e. The van der Waals surface area contributed by atoms with Gasteiger partial charge in [-0.05, 0) is 146 Å². The van der Waals surface area contributed by atoms with Crippen LogP contribution in [0.15, 0.2) is 109 Å². The van der Waals surface area contributed by atoms with Crippen LogP contribution in [0.25, 0.3) is 22.5 Å². The average molecular weight is 805 g/mol. The molecule has 10 nitrogen and oxygen atoms in total. The highest BCUT2D eigenvalue weighted by molar-refractivity contribution is 5.97. The predicted molar refractivity (Wildman–Crippen MR) is 237 cm³/mol. The van der Waals surface area contributed by atoms with Crippen molar-refractivity contribution in [3.63, 3.8) is 0 Å². The van der Waals surface area contributed by atoms with Crippen LogP contribution >= 0.6 is 0 Å². The van der Waals surface area contributed by atoms with E-state index in [1.165, 1.54) is 0 Å². The molecule has 0 bridgehead atoms. The van der Waals surface area contributed by atoms with Gasteiger partial charge in [0.2, 0.25) is 0 Å². The van der Waals surface area contributed by atoms with E-state index < -0.39 is 11.6 Å². The van der Waals surface area contributed by atoms with Gasteiger partial charge in [0.05, 0.1) is 69.9 Å². The molecule has 6 aromatic rings. The Kier molecular flexibility index (Phi) is 12.2. The van der Waals surface area contributed by atoms with E-state index in [1.54, 1.807) is 24.5 Å². The number of esters is 1. The van der Waals surface area contributed by atoms with Crippen molar-refractivity contribution in [1.82, 2.24) is 9.97 Å². The molecule has 2 aliphatic rings. The molecule has 308 valence electrons. The summed E-state index contributed by atoms with van der Waals surface area (Å²) < 4.78 is 17.4. The largest absolute Gasteiger partial charge is 0.490 e. The topological polar surface area (TPSA) is 132 Å². The molecule has 8 rings (SSSR count). The van der Waals surface area contributed by atoms with Crippen molar-refractivity contribution in [2.45, 2.75) is 92.0 Å². The van der Waals surface area contributed by atoms with Gasteiger partial charge in [-0.3, -0.25) is 9.97 Å². The quantitative estimate of drug-likeness (QED) is 0.103. The number of ether oxygens (including phenoxy) is 3. The van der Waals surface area contributed by atoms with Crippen LogP contribution < -0.4 is 20.1 Å².